The van der Waals surface area contributed by atoms with E-state index in [-0.39, 0.29) is 24.4 Å². The number of amides is 1. The predicted octanol–water partition coefficient (Wildman–Crippen LogP) is 1.30. The molecular formula is C13H17ClN4O2. The molecule has 0 aliphatic carbocycles. The number of halogens is 1. The third-order valence-corrected chi connectivity index (χ3v) is 3.17. The first-order valence-electron chi connectivity index (χ1n) is 6.37. The molecule has 1 aliphatic heterocycles. The second kappa shape index (κ2) is 6.69. The van der Waals surface area contributed by atoms with Crippen LogP contribution < -0.4 is 10.6 Å². The van der Waals surface area contributed by atoms with Crippen LogP contribution in [0.15, 0.2) is 24.4 Å². The van der Waals surface area contributed by atoms with Gasteiger partial charge in [-0.2, -0.15) is 5.10 Å². The number of anilines is 1. The van der Waals surface area contributed by atoms with E-state index in [1.54, 1.807) is 6.20 Å². The van der Waals surface area contributed by atoms with Gasteiger partial charge in [-0.15, -0.1) is 12.4 Å². The van der Waals surface area contributed by atoms with Crippen molar-refractivity contribution in [3.8, 4) is 0 Å². The molecule has 2 aromatic rings. The highest BCUT2D eigenvalue weighted by molar-refractivity contribution is 6.00. The molecule has 0 radical (unpaired) electrons. The number of nitrogens with zero attached hydrogens (tertiary/aromatic N) is 1. The van der Waals surface area contributed by atoms with Gasteiger partial charge >= 0.3 is 0 Å². The molecule has 2 heterocycles. The summed E-state index contributed by atoms with van der Waals surface area (Å²) >= 11 is 0. The van der Waals surface area contributed by atoms with Gasteiger partial charge in [0.25, 0.3) is 0 Å². The Morgan fingerprint density at radius 3 is 3.20 bits per heavy atom. The summed E-state index contributed by atoms with van der Waals surface area (Å²) in [5.41, 5.74) is 1.60. The topological polar surface area (TPSA) is 79.0 Å². The van der Waals surface area contributed by atoms with Crippen molar-refractivity contribution in [2.45, 2.75) is 12.5 Å². The van der Waals surface area contributed by atoms with E-state index in [1.165, 1.54) is 0 Å². The Labute approximate surface area is 122 Å². The monoisotopic (exact) mass is 296 g/mol. The summed E-state index contributed by atoms with van der Waals surface area (Å²) in [7, 11) is 0. The number of hydrogen-bond donors (Lipinski definition) is 3. The van der Waals surface area contributed by atoms with E-state index in [9.17, 15) is 4.79 Å². The molecular weight excluding hydrogens is 280 g/mol. The number of carbonyl (C=O) groups excluding carboxylic acids is 1. The number of ether oxygens (including phenoxy) is 1. The molecule has 1 aromatic carbocycles. The highest BCUT2D eigenvalue weighted by atomic mass is 35.5. The zero-order valence-electron chi connectivity index (χ0n) is 10.9. The fourth-order valence-electron chi connectivity index (χ4n) is 2.23. The smallest absolute Gasteiger partial charge is 0.227 e. The molecule has 1 aromatic heterocycles. The Hall–Kier alpha value is -1.63. The van der Waals surface area contributed by atoms with Crippen molar-refractivity contribution in [3.63, 3.8) is 0 Å². The average molecular weight is 297 g/mol. The van der Waals surface area contributed by atoms with Crippen LogP contribution in [0.2, 0.25) is 0 Å². The van der Waals surface area contributed by atoms with Crippen LogP contribution >= 0.6 is 12.4 Å². The molecule has 20 heavy (non-hydrogen) atoms. The van der Waals surface area contributed by atoms with Gasteiger partial charge in [0.05, 0.1) is 36.5 Å². The molecule has 0 bridgehead atoms. The van der Waals surface area contributed by atoms with Crippen molar-refractivity contribution in [2.24, 2.45) is 0 Å². The zero-order chi connectivity index (χ0) is 13.1. The Kier molecular flexibility index (Phi) is 4.94. The van der Waals surface area contributed by atoms with E-state index in [2.05, 4.69) is 20.8 Å². The van der Waals surface area contributed by atoms with E-state index in [0.29, 0.717) is 13.0 Å². The maximum Gasteiger partial charge on any atom is 0.227 e. The molecule has 3 rings (SSSR count). The summed E-state index contributed by atoms with van der Waals surface area (Å²) in [6.07, 6.45) is 2.05. The molecule has 0 saturated carbocycles. The minimum atomic E-state index is -0.0466. The first kappa shape index (κ1) is 14.8. The highest BCUT2D eigenvalue weighted by Gasteiger charge is 2.17. The lowest BCUT2D eigenvalue weighted by Gasteiger charge is -2.23. The van der Waals surface area contributed by atoms with Crippen molar-refractivity contribution in [3.05, 3.63) is 24.4 Å². The third-order valence-electron chi connectivity index (χ3n) is 3.17. The van der Waals surface area contributed by atoms with E-state index in [0.717, 1.165) is 29.7 Å². The number of hydrogen-bond acceptors (Lipinski definition) is 4. The summed E-state index contributed by atoms with van der Waals surface area (Å²) in [6, 6.07) is 5.70. The fourth-order valence-corrected chi connectivity index (χ4v) is 2.23. The number of nitrogens with one attached hydrogen (secondary N) is 3. The van der Waals surface area contributed by atoms with Crippen LogP contribution in [0.25, 0.3) is 10.9 Å². The minimum absolute atomic E-state index is 0. The van der Waals surface area contributed by atoms with Crippen LogP contribution in [0.5, 0.6) is 0 Å². The molecule has 7 heteroatoms. The maximum atomic E-state index is 12.0. The number of rotatable bonds is 3. The average Bonchev–Trinajstić information content (AvgIpc) is 2.89. The molecule has 1 aliphatic rings. The number of benzene rings is 1. The van der Waals surface area contributed by atoms with Crippen molar-refractivity contribution >= 4 is 34.9 Å². The number of carbonyl (C=O) groups is 1. The largest absolute Gasteiger partial charge is 0.375 e. The molecule has 1 saturated heterocycles. The van der Waals surface area contributed by atoms with Gasteiger partial charge < -0.3 is 15.4 Å². The van der Waals surface area contributed by atoms with Crippen molar-refractivity contribution in [1.82, 2.24) is 15.5 Å². The van der Waals surface area contributed by atoms with E-state index in [4.69, 9.17) is 4.74 Å². The molecule has 3 N–H and O–H groups in total. The SMILES string of the molecule is Cl.O=C(CC1CNCCO1)Nc1cccc2cn[nH]c12. The minimum Gasteiger partial charge on any atom is -0.375 e. The number of aromatic nitrogens is 2. The van der Waals surface area contributed by atoms with Gasteiger partial charge in [0, 0.05) is 18.5 Å². The molecule has 108 valence electrons. The summed E-state index contributed by atoms with van der Waals surface area (Å²) < 4.78 is 5.52. The Balaban J connectivity index is 0.00000147. The molecule has 0 spiro atoms. The maximum absolute atomic E-state index is 12.0. The summed E-state index contributed by atoms with van der Waals surface area (Å²) in [5, 5.41) is 14.0. The van der Waals surface area contributed by atoms with Gasteiger partial charge in [0.2, 0.25) is 5.91 Å². The quantitative estimate of drug-likeness (QED) is 0.798. The van der Waals surface area contributed by atoms with Crippen LogP contribution in [0, 0.1) is 0 Å². The lowest BCUT2D eigenvalue weighted by Crippen LogP contribution is -2.40. The van der Waals surface area contributed by atoms with Crippen molar-refractivity contribution in [2.75, 3.05) is 25.0 Å². The lowest BCUT2D eigenvalue weighted by atomic mass is 10.2. The number of para-hydroxylation sites is 1. The van der Waals surface area contributed by atoms with Crippen LogP contribution in [-0.4, -0.2) is 41.9 Å². The standard InChI is InChI=1S/C13H16N4O2.ClH/c18-12(6-10-8-14-4-5-19-10)16-11-3-1-2-9-7-15-17-13(9)11;/h1-3,7,10,14H,4-6,8H2,(H,15,17)(H,16,18);1H. The first-order chi connectivity index (χ1) is 9.33. The number of aromatic amines is 1. The van der Waals surface area contributed by atoms with Gasteiger partial charge in [0.1, 0.15) is 0 Å². The molecule has 1 atom stereocenters. The number of morpholine rings is 1. The van der Waals surface area contributed by atoms with Gasteiger partial charge in [-0.3, -0.25) is 9.89 Å². The predicted molar refractivity (Wildman–Crippen MR) is 79.2 cm³/mol. The zero-order valence-corrected chi connectivity index (χ0v) is 11.7. The van der Waals surface area contributed by atoms with Crippen molar-refractivity contribution in [1.29, 1.82) is 0 Å². The van der Waals surface area contributed by atoms with Gasteiger partial charge in [-0.1, -0.05) is 12.1 Å². The van der Waals surface area contributed by atoms with E-state index >= 15 is 0 Å². The highest BCUT2D eigenvalue weighted by Crippen LogP contribution is 2.20. The van der Waals surface area contributed by atoms with Crippen molar-refractivity contribution < 1.29 is 9.53 Å². The Morgan fingerprint density at radius 1 is 1.50 bits per heavy atom. The molecule has 1 fully saturated rings. The van der Waals surface area contributed by atoms with Crippen LogP contribution in [0.1, 0.15) is 6.42 Å². The third kappa shape index (κ3) is 3.27. The van der Waals surface area contributed by atoms with Gasteiger partial charge in [-0.25, -0.2) is 0 Å². The summed E-state index contributed by atoms with van der Waals surface area (Å²) in [5.74, 6) is -0.0456. The molecule has 1 unspecified atom stereocenters. The lowest BCUT2D eigenvalue weighted by molar-refractivity contribution is -0.119. The molecule has 6 nitrogen and oxygen atoms in total. The second-order valence-electron chi connectivity index (χ2n) is 4.59. The van der Waals surface area contributed by atoms with E-state index in [1.807, 2.05) is 18.2 Å². The van der Waals surface area contributed by atoms with E-state index < -0.39 is 0 Å². The normalized spacial score (nSPS) is 18.5. The summed E-state index contributed by atoms with van der Waals surface area (Å²) in [4.78, 5) is 12.0. The number of H-pyrrole nitrogens is 1. The second-order valence-corrected chi connectivity index (χ2v) is 4.59. The first-order valence-corrected chi connectivity index (χ1v) is 6.37. The van der Waals surface area contributed by atoms with Crippen LogP contribution in [0.3, 0.4) is 0 Å². The summed E-state index contributed by atoms with van der Waals surface area (Å²) in [6.45, 7) is 2.24. The Morgan fingerprint density at radius 2 is 2.40 bits per heavy atom. The van der Waals surface area contributed by atoms with Crippen LogP contribution in [0.4, 0.5) is 5.69 Å². The van der Waals surface area contributed by atoms with Crippen LogP contribution in [-0.2, 0) is 9.53 Å². The number of fused-ring (bicyclic) bond motifs is 1. The van der Waals surface area contributed by atoms with Gasteiger partial charge in [0.15, 0.2) is 0 Å². The Bertz CT molecular complexity index is 581. The van der Waals surface area contributed by atoms with Gasteiger partial charge in [-0.05, 0) is 6.07 Å². The molecule has 1 amide bonds. The fraction of sp³-hybridized carbons (Fsp3) is 0.385.